The number of hydrogen-bond acceptors (Lipinski definition) is 7. The molecule has 1 unspecified atom stereocenters. The molecule has 38 heavy (non-hydrogen) atoms. The van der Waals surface area contributed by atoms with Crippen molar-refractivity contribution in [1.82, 2.24) is 5.43 Å². The van der Waals surface area contributed by atoms with E-state index in [1.807, 2.05) is 0 Å². The summed E-state index contributed by atoms with van der Waals surface area (Å²) in [6.07, 6.45) is 19.8. The normalized spacial score (nSPS) is 17.4. The summed E-state index contributed by atoms with van der Waals surface area (Å²) < 4.78 is 33.9. The Hall–Kier alpha value is -0.540. The number of phosphoric ester groups is 1. The van der Waals surface area contributed by atoms with E-state index in [1.54, 1.807) is 0 Å². The number of hydrogen-bond donors (Lipinski definition) is 2. The molecule has 2 N–H and O–H groups in total. The van der Waals surface area contributed by atoms with Crippen molar-refractivity contribution in [1.29, 1.82) is 0 Å². The van der Waals surface area contributed by atoms with Crippen molar-refractivity contribution in [2.45, 2.75) is 123 Å². The van der Waals surface area contributed by atoms with Crippen LogP contribution in [-0.4, -0.2) is 74.7 Å². The van der Waals surface area contributed by atoms with E-state index >= 15 is 0 Å². The first-order valence-electron chi connectivity index (χ1n) is 15.2. The highest BCUT2D eigenvalue weighted by Gasteiger charge is 2.28. The zero-order valence-electron chi connectivity index (χ0n) is 24.6. The molecule has 0 aromatic heterocycles. The van der Waals surface area contributed by atoms with Gasteiger partial charge in [-0.2, -0.15) is 5.43 Å². The van der Waals surface area contributed by atoms with Gasteiger partial charge in [0.15, 0.2) is 0 Å². The number of carbonyl (C=O) groups excluding carboxylic acids is 1. The molecule has 0 saturated carbocycles. The summed E-state index contributed by atoms with van der Waals surface area (Å²) in [6, 6.07) is 0. The van der Waals surface area contributed by atoms with Crippen molar-refractivity contribution in [3.8, 4) is 0 Å². The maximum absolute atomic E-state index is 12.2. The van der Waals surface area contributed by atoms with Crippen molar-refractivity contribution in [3.63, 3.8) is 0 Å². The van der Waals surface area contributed by atoms with Crippen LogP contribution in [0.1, 0.15) is 117 Å². The fourth-order valence-corrected chi connectivity index (χ4v) is 5.60. The number of nitrogens with one attached hydrogen (secondary N) is 1. The smallest absolute Gasteiger partial charge is 0.458 e. The molecule has 0 aromatic rings. The molecule has 1 aliphatic rings. The first-order chi connectivity index (χ1) is 18.3. The monoisotopic (exact) mass is 565 g/mol. The Morgan fingerprint density at radius 2 is 1.37 bits per heavy atom. The molecule has 1 saturated heterocycles. The number of ether oxygens (including phenoxy) is 2. The maximum atomic E-state index is 12.2. The molecule has 9 nitrogen and oxygen atoms in total. The molecule has 2 atom stereocenters. The molecule has 0 aliphatic carbocycles. The summed E-state index contributed by atoms with van der Waals surface area (Å²) in [4.78, 5) is 21.4. The standard InChI is InChI=1S/C28H57N2O7P/c1-4-5-6-7-8-9-10-11-12-13-14-15-16-19-23-34-25-28(37-27(2)31)26-36-38(32,33)35-24-20-29-30(3)21-17-18-22-30/h28-29H,4-26H2,1-3H3/p+1/t28-/m1/s1. The number of likely N-dealkylation sites (tertiary alicyclic amines) is 1. The lowest BCUT2D eigenvalue weighted by atomic mass is 10.0. The molecule has 1 rings (SSSR count). The fourth-order valence-electron chi connectivity index (χ4n) is 4.85. The molecule has 0 amide bonds. The molecule has 1 heterocycles. The van der Waals surface area contributed by atoms with E-state index in [0.717, 1.165) is 30.5 Å². The molecule has 226 valence electrons. The summed E-state index contributed by atoms with van der Waals surface area (Å²) >= 11 is 0. The number of esters is 1. The first-order valence-corrected chi connectivity index (χ1v) is 16.7. The van der Waals surface area contributed by atoms with Crippen LogP contribution in [0.4, 0.5) is 0 Å². The van der Waals surface area contributed by atoms with E-state index < -0.39 is 19.9 Å². The van der Waals surface area contributed by atoms with E-state index in [1.165, 1.54) is 96.8 Å². The van der Waals surface area contributed by atoms with Gasteiger partial charge in [-0.3, -0.25) is 13.8 Å². The second kappa shape index (κ2) is 22.2. The number of quaternary nitrogens is 1. The lowest BCUT2D eigenvalue weighted by Crippen LogP contribution is -2.53. The van der Waals surface area contributed by atoms with Crippen LogP contribution in [0, 0.1) is 0 Å². The number of rotatable bonds is 26. The van der Waals surface area contributed by atoms with Gasteiger partial charge in [-0.15, -0.1) is 0 Å². The minimum Gasteiger partial charge on any atom is -0.458 e. The van der Waals surface area contributed by atoms with Gasteiger partial charge in [0.05, 0.1) is 46.5 Å². The van der Waals surface area contributed by atoms with E-state index in [2.05, 4.69) is 19.4 Å². The summed E-state index contributed by atoms with van der Waals surface area (Å²) in [5, 5.41) is 0. The lowest BCUT2D eigenvalue weighted by molar-refractivity contribution is -0.941. The molecule has 10 heteroatoms. The number of unbranched alkanes of at least 4 members (excludes halogenated alkanes) is 13. The van der Waals surface area contributed by atoms with E-state index in [4.69, 9.17) is 18.5 Å². The van der Waals surface area contributed by atoms with Gasteiger partial charge in [-0.1, -0.05) is 90.4 Å². The highest BCUT2D eigenvalue weighted by molar-refractivity contribution is 7.47. The molecule has 0 bridgehead atoms. The minimum atomic E-state index is -4.24. The van der Waals surface area contributed by atoms with Gasteiger partial charge in [0.25, 0.3) is 0 Å². The Labute approximate surface area is 232 Å². The average molecular weight is 566 g/mol. The molecule has 1 fully saturated rings. The fraction of sp³-hybridized carbons (Fsp3) is 0.964. The van der Waals surface area contributed by atoms with Crippen LogP contribution in [0.3, 0.4) is 0 Å². The van der Waals surface area contributed by atoms with Gasteiger partial charge in [0, 0.05) is 26.4 Å². The highest BCUT2D eigenvalue weighted by Crippen LogP contribution is 2.43. The van der Waals surface area contributed by atoms with Gasteiger partial charge in [0.2, 0.25) is 0 Å². The summed E-state index contributed by atoms with van der Waals surface area (Å²) in [5.41, 5.74) is 3.33. The highest BCUT2D eigenvalue weighted by atomic mass is 31.2. The third kappa shape index (κ3) is 20.4. The maximum Gasteiger partial charge on any atom is 0.472 e. The third-order valence-corrected chi connectivity index (χ3v) is 8.09. The Balaban J connectivity index is 2.03. The molecular formula is C28H58N2O7P+. The number of nitrogens with zero attached hydrogens (tertiary/aromatic N) is 1. The van der Waals surface area contributed by atoms with Crippen molar-refractivity contribution < 1.29 is 37.4 Å². The van der Waals surface area contributed by atoms with Gasteiger partial charge in [0.1, 0.15) is 6.10 Å². The van der Waals surface area contributed by atoms with E-state index in [9.17, 15) is 14.3 Å². The van der Waals surface area contributed by atoms with Crippen molar-refractivity contribution in [2.24, 2.45) is 0 Å². The molecule has 1 aliphatic heterocycles. The van der Waals surface area contributed by atoms with Gasteiger partial charge < -0.3 is 14.4 Å². The Kier molecular flexibility index (Phi) is 20.7. The van der Waals surface area contributed by atoms with Gasteiger partial charge in [-0.05, 0) is 6.42 Å². The second-order valence-corrected chi connectivity index (χ2v) is 12.4. The van der Waals surface area contributed by atoms with Crippen LogP contribution in [0.5, 0.6) is 0 Å². The summed E-state index contributed by atoms with van der Waals surface area (Å²) in [7, 11) is -2.14. The zero-order valence-corrected chi connectivity index (χ0v) is 25.5. The number of phosphoric acid groups is 1. The lowest BCUT2D eigenvalue weighted by Gasteiger charge is -2.28. The second-order valence-electron chi connectivity index (χ2n) is 11.0. The Morgan fingerprint density at radius 1 is 0.842 bits per heavy atom. The predicted molar refractivity (Wildman–Crippen MR) is 152 cm³/mol. The van der Waals surface area contributed by atoms with Crippen LogP contribution in [0.2, 0.25) is 0 Å². The van der Waals surface area contributed by atoms with Gasteiger partial charge >= 0.3 is 13.8 Å². The van der Waals surface area contributed by atoms with E-state index in [0.29, 0.717) is 13.2 Å². The van der Waals surface area contributed by atoms with E-state index in [-0.39, 0.29) is 19.8 Å². The Morgan fingerprint density at radius 3 is 1.89 bits per heavy atom. The molecule has 0 radical (unpaired) electrons. The quantitative estimate of drug-likeness (QED) is 0.0546. The van der Waals surface area contributed by atoms with Gasteiger partial charge in [-0.25, -0.2) is 9.16 Å². The van der Waals surface area contributed by atoms with Crippen LogP contribution in [0.15, 0.2) is 0 Å². The van der Waals surface area contributed by atoms with Crippen LogP contribution < -0.4 is 5.43 Å². The Bertz CT molecular complexity index is 632. The van der Waals surface area contributed by atoms with Crippen LogP contribution >= 0.6 is 7.82 Å². The molecular weight excluding hydrogens is 507 g/mol. The van der Waals surface area contributed by atoms with Crippen LogP contribution in [0.25, 0.3) is 0 Å². The first kappa shape index (κ1) is 35.5. The summed E-state index contributed by atoms with van der Waals surface area (Å²) in [5.74, 6) is -0.487. The predicted octanol–water partition coefficient (Wildman–Crippen LogP) is 6.29. The summed E-state index contributed by atoms with van der Waals surface area (Å²) in [6.45, 7) is 6.55. The van der Waals surface area contributed by atoms with Crippen molar-refractivity contribution in [3.05, 3.63) is 0 Å². The SMILES string of the molecule is CCCCCCCCCCCCCCCCOC[C@H](COP(=O)(O)OCCN[N+]1(C)CCCC1)OC(C)=O. The zero-order chi connectivity index (χ0) is 28.0. The third-order valence-electron chi connectivity index (χ3n) is 7.11. The average Bonchev–Trinajstić information content (AvgIpc) is 3.31. The largest absolute Gasteiger partial charge is 0.472 e. The molecule has 0 aromatic carbocycles. The molecule has 0 spiro atoms. The minimum absolute atomic E-state index is 0.0511. The topological polar surface area (TPSA) is 103 Å². The van der Waals surface area contributed by atoms with Crippen LogP contribution in [-0.2, 0) is 27.9 Å². The van der Waals surface area contributed by atoms with Crippen molar-refractivity contribution >= 4 is 13.8 Å². The number of carbonyl (C=O) groups is 1. The van der Waals surface area contributed by atoms with Crippen molar-refractivity contribution in [2.75, 3.05) is 53.1 Å².